The molecule has 0 radical (unpaired) electrons. The third kappa shape index (κ3) is 4.82. The highest BCUT2D eigenvalue weighted by Crippen LogP contribution is 2.18. The summed E-state index contributed by atoms with van der Waals surface area (Å²) in [6.45, 7) is 2.46. The topological polar surface area (TPSA) is 90.5 Å². The van der Waals surface area contributed by atoms with Crippen LogP contribution in [0, 0.1) is 0 Å². The average Bonchev–Trinajstić information content (AvgIpc) is 2.62. The molecule has 0 aliphatic rings. The number of nitrogens with one attached hydrogen (secondary N) is 3. The number of aldehydes is 1. The Kier molecular flexibility index (Phi) is 5.92. The number of rotatable bonds is 8. The van der Waals surface area contributed by atoms with Gasteiger partial charge in [0.1, 0.15) is 6.29 Å². The summed E-state index contributed by atoms with van der Waals surface area (Å²) >= 11 is 0. The van der Waals surface area contributed by atoms with Crippen molar-refractivity contribution < 1.29 is 14.8 Å². The van der Waals surface area contributed by atoms with Crippen LogP contribution in [0.2, 0.25) is 0 Å². The van der Waals surface area contributed by atoms with Gasteiger partial charge in [-0.25, -0.2) is 5.48 Å². The third-order valence-corrected chi connectivity index (χ3v) is 3.69. The lowest BCUT2D eigenvalue weighted by Crippen LogP contribution is -2.38. The Morgan fingerprint density at radius 2 is 1.75 bits per heavy atom. The number of hydrogen-bond acceptors (Lipinski definition) is 5. The van der Waals surface area contributed by atoms with E-state index >= 15 is 0 Å². The third-order valence-electron chi connectivity index (χ3n) is 3.69. The summed E-state index contributed by atoms with van der Waals surface area (Å²) in [5.74, 6) is -0.577. The number of para-hydroxylation sites is 1. The molecule has 126 valence electrons. The van der Waals surface area contributed by atoms with E-state index in [-0.39, 0.29) is 0 Å². The number of benzene rings is 2. The van der Waals surface area contributed by atoms with Gasteiger partial charge in [0.2, 0.25) is 0 Å². The molecule has 4 N–H and O–H groups in total. The highest BCUT2D eigenvalue weighted by molar-refractivity contribution is 5.93. The molecule has 0 saturated heterocycles. The van der Waals surface area contributed by atoms with Crippen molar-refractivity contribution in [3.05, 3.63) is 60.2 Å². The Morgan fingerprint density at radius 3 is 2.33 bits per heavy atom. The van der Waals surface area contributed by atoms with Crippen LogP contribution in [0.4, 0.5) is 11.4 Å². The fourth-order valence-corrected chi connectivity index (χ4v) is 2.27. The van der Waals surface area contributed by atoms with Crippen LogP contribution in [-0.4, -0.2) is 29.5 Å². The van der Waals surface area contributed by atoms with Crippen molar-refractivity contribution in [2.24, 2.45) is 0 Å². The number of hydroxylamine groups is 1. The molecule has 2 rings (SSSR count). The van der Waals surface area contributed by atoms with Crippen LogP contribution in [0.15, 0.2) is 54.6 Å². The van der Waals surface area contributed by atoms with E-state index in [0.717, 1.165) is 17.7 Å². The van der Waals surface area contributed by atoms with Crippen LogP contribution in [-0.2, 0) is 4.79 Å². The smallest absolute Gasteiger partial charge is 0.274 e. The van der Waals surface area contributed by atoms with E-state index in [2.05, 4.69) is 10.6 Å². The van der Waals surface area contributed by atoms with Crippen LogP contribution >= 0.6 is 0 Å². The van der Waals surface area contributed by atoms with Crippen LogP contribution in [0.25, 0.3) is 0 Å². The highest BCUT2D eigenvalue weighted by Gasteiger charge is 2.22. The maximum Gasteiger partial charge on any atom is 0.274 e. The van der Waals surface area contributed by atoms with E-state index in [9.17, 15) is 9.59 Å². The van der Waals surface area contributed by atoms with Gasteiger partial charge in [-0.05, 0) is 49.7 Å². The van der Waals surface area contributed by atoms with E-state index < -0.39 is 11.4 Å². The number of amides is 1. The van der Waals surface area contributed by atoms with Crippen molar-refractivity contribution in [1.82, 2.24) is 5.48 Å². The number of carbonyl (C=O) groups is 2. The minimum Gasteiger partial charge on any atom is -0.385 e. The Balaban J connectivity index is 1.94. The van der Waals surface area contributed by atoms with Crippen LogP contribution in [0.5, 0.6) is 0 Å². The maximum absolute atomic E-state index is 11.5. The van der Waals surface area contributed by atoms with Crippen molar-refractivity contribution in [3.8, 4) is 0 Å². The summed E-state index contributed by atoms with van der Waals surface area (Å²) in [6, 6.07) is 16.3. The molecule has 0 saturated carbocycles. The lowest BCUT2D eigenvalue weighted by Gasteiger charge is -2.26. The van der Waals surface area contributed by atoms with Gasteiger partial charge < -0.3 is 15.4 Å². The molecule has 2 aromatic carbocycles. The Morgan fingerprint density at radius 1 is 1.08 bits per heavy atom. The van der Waals surface area contributed by atoms with Gasteiger partial charge in [0.05, 0.1) is 5.54 Å². The average molecular weight is 327 g/mol. The fourth-order valence-electron chi connectivity index (χ4n) is 2.27. The summed E-state index contributed by atoms with van der Waals surface area (Å²) in [5, 5.41) is 15.1. The first-order valence-corrected chi connectivity index (χ1v) is 7.64. The Bertz CT molecular complexity index is 674. The molecule has 0 aliphatic carbocycles. The van der Waals surface area contributed by atoms with E-state index in [0.29, 0.717) is 18.5 Å². The minimum absolute atomic E-state index is 0.335. The molecule has 24 heavy (non-hydrogen) atoms. The lowest BCUT2D eigenvalue weighted by molar-refractivity contribution is -0.111. The number of carbonyl (C=O) groups excluding carboxylic acids is 2. The number of hydrogen-bond donors (Lipinski definition) is 4. The second kappa shape index (κ2) is 8.12. The standard InChI is InChI=1S/C18H21N3O3/c1-18(13-22,11-12-19-15-5-3-2-4-6-15)20-16-9-7-14(8-10-16)17(23)21-24/h2-10,13,19-20,24H,11-12H2,1H3,(H,21,23). The first kappa shape index (κ1) is 17.5. The largest absolute Gasteiger partial charge is 0.385 e. The Labute approximate surface area is 140 Å². The molecule has 0 bridgehead atoms. The first-order valence-electron chi connectivity index (χ1n) is 7.64. The number of anilines is 2. The summed E-state index contributed by atoms with van der Waals surface area (Å²) < 4.78 is 0. The van der Waals surface area contributed by atoms with Gasteiger partial charge in [-0.1, -0.05) is 18.2 Å². The van der Waals surface area contributed by atoms with Crippen molar-refractivity contribution in [1.29, 1.82) is 0 Å². The lowest BCUT2D eigenvalue weighted by atomic mass is 9.99. The van der Waals surface area contributed by atoms with Crippen molar-refractivity contribution in [3.63, 3.8) is 0 Å². The van der Waals surface area contributed by atoms with Gasteiger partial charge in [-0.15, -0.1) is 0 Å². The SMILES string of the molecule is CC(C=O)(CCNc1ccccc1)Nc1ccc(C(=O)NO)cc1. The van der Waals surface area contributed by atoms with Gasteiger partial charge in [0.15, 0.2) is 0 Å². The second-order valence-corrected chi connectivity index (χ2v) is 5.72. The molecule has 1 unspecified atom stereocenters. The van der Waals surface area contributed by atoms with E-state index in [4.69, 9.17) is 5.21 Å². The minimum atomic E-state index is -0.734. The fraction of sp³-hybridized carbons (Fsp3) is 0.222. The van der Waals surface area contributed by atoms with Crippen molar-refractivity contribution >= 4 is 23.6 Å². The molecule has 0 aromatic heterocycles. The van der Waals surface area contributed by atoms with Gasteiger partial charge in [0, 0.05) is 23.5 Å². The zero-order valence-corrected chi connectivity index (χ0v) is 13.5. The van der Waals surface area contributed by atoms with Crippen LogP contribution in [0.1, 0.15) is 23.7 Å². The zero-order chi connectivity index (χ0) is 17.4. The van der Waals surface area contributed by atoms with Gasteiger partial charge in [0.25, 0.3) is 5.91 Å². The molecule has 0 spiro atoms. The quantitative estimate of drug-likeness (QED) is 0.340. The van der Waals surface area contributed by atoms with E-state index in [1.54, 1.807) is 29.7 Å². The zero-order valence-electron chi connectivity index (χ0n) is 13.5. The van der Waals surface area contributed by atoms with Crippen LogP contribution < -0.4 is 16.1 Å². The summed E-state index contributed by atoms with van der Waals surface area (Å²) in [7, 11) is 0. The van der Waals surface area contributed by atoms with Crippen molar-refractivity contribution in [2.75, 3.05) is 17.2 Å². The molecule has 1 atom stereocenters. The van der Waals surface area contributed by atoms with E-state index in [1.165, 1.54) is 0 Å². The maximum atomic E-state index is 11.5. The molecule has 0 fully saturated rings. The van der Waals surface area contributed by atoms with E-state index in [1.807, 2.05) is 37.3 Å². The molecule has 6 heteroatoms. The normalized spacial score (nSPS) is 12.8. The summed E-state index contributed by atoms with van der Waals surface area (Å²) in [5.41, 5.74) is 2.91. The van der Waals surface area contributed by atoms with Gasteiger partial charge in [-0.2, -0.15) is 0 Å². The molecule has 6 nitrogen and oxygen atoms in total. The second-order valence-electron chi connectivity index (χ2n) is 5.72. The van der Waals surface area contributed by atoms with Gasteiger partial charge in [-0.3, -0.25) is 10.0 Å². The van der Waals surface area contributed by atoms with Gasteiger partial charge >= 0.3 is 0 Å². The molecule has 1 amide bonds. The molecule has 2 aromatic rings. The highest BCUT2D eigenvalue weighted by atomic mass is 16.5. The predicted molar refractivity (Wildman–Crippen MR) is 93.3 cm³/mol. The first-order chi connectivity index (χ1) is 11.6. The summed E-state index contributed by atoms with van der Waals surface area (Å²) in [4.78, 5) is 22.8. The monoisotopic (exact) mass is 327 g/mol. The van der Waals surface area contributed by atoms with Crippen LogP contribution in [0.3, 0.4) is 0 Å². The molecular formula is C18H21N3O3. The molecule has 0 heterocycles. The molecule has 0 aliphatic heterocycles. The van der Waals surface area contributed by atoms with Crippen molar-refractivity contribution in [2.45, 2.75) is 18.9 Å². The predicted octanol–water partition coefficient (Wildman–Crippen LogP) is 2.68. The molecular weight excluding hydrogens is 306 g/mol. The Hall–Kier alpha value is -2.86. The summed E-state index contributed by atoms with van der Waals surface area (Å²) in [6.07, 6.45) is 1.47.